The van der Waals surface area contributed by atoms with Gasteiger partial charge in [-0.15, -0.1) is 11.3 Å². The van der Waals surface area contributed by atoms with E-state index < -0.39 is 0 Å². The molecule has 4 heteroatoms. The minimum absolute atomic E-state index is 0.304. The van der Waals surface area contributed by atoms with Gasteiger partial charge in [0.2, 0.25) is 0 Å². The van der Waals surface area contributed by atoms with E-state index in [1.54, 1.807) is 11.3 Å². The van der Waals surface area contributed by atoms with E-state index in [1.165, 1.54) is 4.88 Å². The van der Waals surface area contributed by atoms with Crippen LogP contribution in [0.25, 0.3) is 0 Å². The molecule has 16 heavy (non-hydrogen) atoms. The maximum absolute atomic E-state index is 5.28. The molecule has 2 nitrogen and oxygen atoms in total. The molecule has 0 bridgehead atoms. The number of rotatable bonds is 4. The van der Waals surface area contributed by atoms with Crippen LogP contribution in [-0.4, -0.2) is 11.2 Å². The van der Waals surface area contributed by atoms with Gasteiger partial charge in [-0.2, -0.15) is 0 Å². The molecule has 1 aromatic heterocycles. The third kappa shape index (κ3) is 4.10. The molecule has 1 atom stereocenters. The van der Waals surface area contributed by atoms with Crippen molar-refractivity contribution in [2.75, 3.05) is 0 Å². The van der Waals surface area contributed by atoms with Crippen LogP contribution in [0.5, 0.6) is 0 Å². The Hall–Kier alpha value is -0.610. The summed E-state index contributed by atoms with van der Waals surface area (Å²) >= 11 is 7.05. The van der Waals surface area contributed by atoms with Gasteiger partial charge in [0.25, 0.3) is 0 Å². The van der Waals surface area contributed by atoms with E-state index in [-0.39, 0.29) is 0 Å². The molecule has 1 heterocycles. The molecule has 0 saturated carbocycles. The van der Waals surface area contributed by atoms with E-state index in [0.29, 0.717) is 18.0 Å². The highest BCUT2D eigenvalue weighted by molar-refractivity contribution is 7.80. The number of thiocarbonyl (C=S) groups is 1. The molecule has 2 N–H and O–H groups in total. The third-order valence-electron chi connectivity index (χ3n) is 2.22. The van der Waals surface area contributed by atoms with Crippen LogP contribution in [0.3, 0.4) is 0 Å². The highest BCUT2D eigenvalue weighted by atomic mass is 32.1. The lowest BCUT2D eigenvalue weighted by atomic mass is 10.0. The molecule has 0 aliphatic rings. The summed E-state index contributed by atoms with van der Waals surface area (Å²) in [5.74, 6) is 0.519. The summed E-state index contributed by atoms with van der Waals surface area (Å²) in [6, 6.07) is 4.91. The van der Waals surface area contributed by atoms with Gasteiger partial charge in [-0.05, 0) is 43.4 Å². The lowest BCUT2D eigenvalue weighted by molar-refractivity contribution is 0.473. The van der Waals surface area contributed by atoms with Crippen LogP contribution in [0, 0.1) is 5.92 Å². The van der Waals surface area contributed by atoms with Crippen LogP contribution in [-0.2, 0) is 0 Å². The van der Waals surface area contributed by atoms with E-state index in [1.807, 2.05) is 0 Å². The van der Waals surface area contributed by atoms with Gasteiger partial charge in [0.1, 0.15) is 0 Å². The number of hydrogen-bond donors (Lipinski definition) is 2. The summed E-state index contributed by atoms with van der Waals surface area (Å²) in [6.45, 7) is 8.58. The average Bonchev–Trinajstić information content (AvgIpc) is 2.64. The summed E-state index contributed by atoms with van der Waals surface area (Å²) in [6.07, 6.45) is 0. The molecule has 1 rings (SSSR count). The van der Waals surface area contributed by atoms with Crippen molar-refractivity contribution in [1.82, 2.24) is 10.6 Å². The minimum Gasteiger partial charge on any atom is -0.361 e. The Morgan fingerprint density at radius 3 is 2.38 bits per heavy atom. The van der Waals surface area contributed by atoms with Gasteiger partial charge in [-0.1, -0.05) is 19.9 Å². The highest BCUT2D eigenvalue weighted by Crippen LogP contribution is 2.25. The fraction of sp³-hybridized carbons (Fsp3) is 0.583. The molecule has 0 aromatic carbocycles. The van der Waals surface area contributed by atoms with Gasteiger partial charge in [0, 0.05) is 10.9 Å². The Bertz CT molecular complexity index is 318. The van der Waals surface area contributed by atoms with Gasteiger partial charge < -0.3 is 10.6 Å². The van der Waals surface area contributed by atoms with Crippen molar-refractivity contribution in [2.45, 2.75) is 39.8 Å². The zero-order valence-corrected chi connectivity index (χ0v) is 11.9. The average molecular weight is 256 g/mol. The predicted molar refractivity (Wildman–Crippen MR) is 75.9 cm³/mol. The standard InChI is InChI=1S/C12H20N2S2/c1-8(2)11(10-6-5-7-16-10)14-12(15)13-9(3)4/h5-9,11H,1-4H3,(H2,13,14,15). The Balaban J connectivity index is 2.63. The van der Waals surface area contributed by atoms with Crippen LogP contribution in [0.1, 0.15) is 38.6 Å². The first kappa shape index (κ1) is 13.5. The zero-order valence-electron chi connectivity index (χ0n) is 10.3. The summed E-state index contributed by atoms with van der Waals surface area (Å²) < 4.78 is 0. The molecule has 0 aliphatic heterocycles. The molecule has 0 amide bonds. The van der Waals surface area contributed by atoms with Gasteiger partial charge in [-0.25, -0.2) is 0 Å². The zero-order chi connectivity index (χ0) is 12.1. The summed E-state index contributed by atoms with van der Waals surface area (Å²) in [7, 11) is 0. The second-order valence-corrected chi connectivity index (χ2v) is 5.90. The fourth-order valence-electron chi connectivity index (χ4n) is 1.48. The van der Waals surface area contributed by atoms with Crippen molar-refractivity contribution in [3.63, 3.8) is 0 Å². The van der Waals surface area contributed by atoms with Crippen LogP contribution < -0.4 is 10.6 Å². The SMILES string of the molecule is CC(C)NC(=S)NC(c1cccs1)C(C)C. The van der Waals surface area contributed by atoms with Gasteiger partial charge in [0.05, 0.1) is 6.04 Å². The first-order valence-corrected chi connectivity index (χ1v) is 6.90. The summed E-state index contributed by atoms with van der Waals surface area (Å²) in [4.78, 5) is 1.34. The van der Waals surface area contributed by atoms with Crippen LogP contribution >= 0.6 is 23.6 Å². The Kier molecular flexibility index (Phi) is 5.22. The predicted octanol–water partition coefficient (Wildman–Crippen LogP) is 3.32. The smallest absolute Gasteiger partial charge is 0.167 e. The first-order valence-electron chi connectivity index (χ1n) is 5.61. The normalized spacial score (nSPS) is 12.9. The molecule has 90 valence electrons. The van der Waals surface area contributed by atoms with Crippen molar-refractivity contribution in [2.24, 2.45) is 5.92 Å². The molecule has 0 fully saturated rings. The van der Waals surface area contributed by atoms with Crippen molar-refractivity contribution >= 4 is 28.7 Å². The van der Waals surface area contributed by atoms with Crippen LogP contribution in [0.4, 0.5) is 0 Å². The quantitative estimate of drug-likeness (QED) is 0.808. The summed E-state index contributed by atoms with van der Waals surface area (Å²) in [5.41, 5.74) is 0. The van der Waals surface area contributed by atoms with Gasteiger partial charge >= 0.3 is 0 Å². The molecular formula is C12H20N2S2. The minimum atomic E-state index is 0.304. The molecule has 0 spiro atoms. The maximum Gasteiger partial charge on any atom is 0.167 e. The summed E-state index contributed by atoms with van der Waals surface area (Å²) in [5, 5.41) is 9.44. The number of thiophene rings is 1. The lowest BCUT2D eigenvalue weighted by Gasteiger charge is -2.24. The van der Waals surface area contributed by atoms with Crippen molar-refractivity contribution in [3.8, 4) is 0 Å². The maximum atomic E-state index is 5.28. The van der Waals surface area contributed by atoms with Crippen molar-refractivity contribution in [3.05, 3.63) is 22.4 Å². The van der Waals surface area contributed by atoms with Crippen LogP contribution in [0.2, 0.25) is 0 Å². The number of hydrogen-bond acceptors (Lipinski definition) is 2. The van der Waals surface area contributed by atoms with Gasteiger partial charge in [0.15, 0.2) is 5.11 Å². The molecule has 0 aliphatic carbocycles. The van der Waals surface area contributed by atoms with Crippen molar-refractivity contribution in [1.29, 1.82) is 0 Å². The molecule has 1 unspecified atom stereocenters. The molecular weight excluding hydrogens is 236 g/mol. The van der Waals surface area contributed by atoms with Crippen molar-refractivity contribution < 1.29 is 0 Å². The van der Waals surface area contributed by atoms with E-state index in [0.717, 1.165) is 5.11 Å². The second kappa shape index (κ2) is 6.21. The van der Waals surface area contributed by atoms with E-state index in [9.17, 15) is 0 Å². The number of nitrogens with one attached hydrogen (secondary N) is 2. The molecule has 0 saturated heterocycles. The Labute approximate surface area is 107 Å². The second-order valence-electron chi connectivity index (χ2n) is 4.51. The molecule has 0 radical (unpaired) electrons. The van der Waals surface area contributed by atoms with E-state index in [2.05, 4.69) is 55.8 Å². The topological polar surface area (TPSA) is 24.1 Å². The largest absolute Gasteiger partial charge is 0.361 e. The van der Waals surface area contributed by atoms with Crippen LogP contribution in [0.15, 0.2) is 17.5 Å². The van der Waals surface area contributed by atoms with Gasteiger partial charge in [-0.3, -0.25) is 0 Å². The third-order valence-corrected chi connectivity index (χ3v) is 3.41. The Morgan fingerprint density at radius 1 is 1.25 bits per heavy atom. The fourth-order valence-corrected chi connectivity index (χ4v) is 2.79. The monoisotopic (exact) mass is 256 g/mol. The van der Waals surface area contributed by atoms with E-state index in [4.69, 9.17) is 12.2 Å². The first-order chi connectivity index (χ1) is 7.50. The lowest BCUT2D eigenvalue weighted by Crippen LogP contribution is -2.42. The van der Waals surface area contributed by atoms with E-state index >= 15 is 0 Å². The molecule has 1 aromatic rings. The Morgan fingerprint density at radius 2 is 1.94 bits per heavy atom. The highest BCUT2D eigenvalue weighted by Gasteiger charge is 2.17.